The Bertz CT molecular complexity index is 953. The van der Waals surface area contributed by atoms with Crippen LogP contribution in [-0.4, -0.2) is 19.3 Å². The summed E-state index contributed by atoms with van der Waals surface area (Å²) < 4.78 is 10.4. The zero-order valence-corrected chi connectivity index (χ0v) is 21.0. The van der Waals surface area contributed by atoms with Crippen LogP contribution in [0.2, 0.25) is 0 Å². The van der Waals surface area contributed by atoms with Crippen LogP contribution in [0, 0.1) is 28.6 Å². The minimum Gasteiger partial charge on any atom is -0.457 e. The number of aliphatic hydroxyl groups excluding tert-OH is 1. The number of esters is 1. The van der Waals surface area contributed by atoms with Crippen LogP contribution < -0.4 is 4.74 Å². The topological polar surface area (TPSA) is 79.5 Å². The number of nitriles is 1. The van der Waals surface area contributed by atoms with Crippen LogP contribution >= 0.6 is 47.8 Å². The number of carbonyl (C=O) groups excluding carboxylic acids is 1. The number of carbonyl (C=O) groups is 1. The van der Waals surface area contributed by atoms with Crippen LogP contribution in [0.25, 0.3) is 0 Å². The van der Waals surface area contributed by atoms with E-state index in [2.05, 4.69) is 47.8 Å². The Morgan fingerprint density at radius 2 is 1.77 bits per heavy atom. The van der Waals surface area contributed by atoms with Crippen LogP contribution in [0.5, 0.6) is 11.5 Å². The second-order valence-electron chi connectivity index (χ2n) is 7.74. The number of nitrogens with zero attached hydrogens (tertiary/aromatic N) is 1. The minimum atomic E-state index is -1.08. The molecular weight excluding hydrogens is 582 g/mol. The van der Waals surface area contributed by atoms with Crippen molar-refractivity contribution in [3.05, 3.63) is 60.2 Å². The minimum absolute atomic E-state index is 0.338. The van der Waals surface area contributed by atoms with Gasteiger partial charge in [-0.3, -0.25) is 4.79 Å². The summed E-state index contributed by atoms with van der Waals surface area (Å²) in [4.78, 5) is 12.8. The molecule has 0 aromatic heterocycles. The zero-order valence-electron chi connectivity index (χ0n) is 16.3. The molecule has 1 aliphatic carbocycles. The number of para-hydroxylation sites is 1. The molecule has 1 fully saturated rings. The molecule has 0 spiro atoms. The van der Waals surface area contributed by atoms with Gasteiger partial charge in [-0.25, -0.2) is 0 Å². The molecule has 2 aromatic rings. The number of rotatable bonds is 6. The Hall–Kier alpha value is -1.40. The van der Waals surface area contributed by atoms with Gasteiger partial charge < -0.3 is 14.6 Å². The molecular formula is C22H20Br3NO4. The Kier molecular flexibility index (Phi) is 6.97. The van der Waals surface area contributed by atoms with Gasteiger partial charge in [0.15, 0.2) is 2.14 Å². The molecule has 5 nitrogen and oxygen atoms in total. The Balaban J connectivity index is 1.72. The fraction of sp³-hybridized carbons (Fsp3) is 0.364. The van der Waals surface area contributed by atoms with E-state index in [4.69, 9.17) is 9.47 Å². The normalized spacial score (nSPS) is 21.8. The molecule has 4 atom stereocenters. The highest BCUT2D eigenvalue weighted by Crippen LogP contribution is 2.64. The van der Waals surface area contributed by atoms with Gasteiger partial charge in [0.1, 0.15) is 17.6 Å². The molecule has 0 radical (unpaired) electrons. The van der Waals surface area contributed by atoms with Crippen LogP contribution in [0.15, 0.2) is 54.6 Å². The lowest BCUT2D eigenvalue weighted by Crippen LogP contribution is -2.28. The van der Waals surface area contributed by atoms with Crippen molar-refractivity contribution in [3.63, 3.8) is 0 Å². The van der Waals surface area contributed by atoms with Crippen molar-refractivity contribution >= 4 is 53.8 Å². The van der Waals surface area contributed by atoms with Crippen LogP contribution in [0.4, 0.5) is 0 Å². The van der Waals surface area contributed by atoms with E-state index in [1.54, 1.807) is 24.3 Å². The molecule has 0 bridgehead atoms. The summed E-state index contributed by atoms with van der Waals surface area (Å²) in [6, 6.07) is 18.2. The van der Waals surface area contributed by atoms with Gasteiger partial charge in [0, 0.05) is 11.5 Å². The van der Waals surface area contributed by atoms with Gasteiger partial charge >= 0.3 is 5.97 Å². The van der Waals surface area contributed by atoms with Crippen LogP contribution in [-0.2, 0) is 9.53 Å². The first kappa shape index (κ1) is 23.3. The number of halogens is 3. The first-order valence-electron chi connectivity index (χ1n) is 9.23. The quantitative estimate of drug-likeness (QED) is 0.322. The maximum Gasteiger partial charge on any atom is 0.311 e. The molecule has 30 heavy (non-hydrogen) atoms. The Morgan fingerprint density at radius 1 is 1.13 bits per heavy atom. The molecule has 0 heterocycles. The highest BCUT2D eigenvalue weighted by molar-refractivity contribution is 9.39. The predicted molar refractivity (Wildman–Crippen MR) is 124 cm³/mol. The first-order valence-corrected chi connectivity index (χ1v) is 11.6. The molecule has 1 N–H and O–H groups in total. The second-order valence-corrected chi connectivity index (χ2v) is 14.7. The zero-order chi connectivity index (χ0) is 22.1. The monoisotopic (exact) mass is 599 g/mol. The van der Waals surface area contributed by atoms with Gasteiger partial charge in [0.05, 0.1) is 12.0 Å². The maximum absolute atomic E-state index is 12.8. The van der Waals surface area contributed by atoms with Crippen molar-refractivity contribution in [1.29, 1.82) is 5.26 Å². The van der Waals surface area contributed by atoms with Gasteiger partial charge in [-0.2, -0.15) is 5.26 Å². The highest BCUT2D eigenvalue weighted by atomic mass is 80.0. The molecule has 0 saturated heterocycles. The second kappa shape index (κ2) is 8.99. The third kappa shape index (κ3) is 5.08. The van der Waals surface area contributed by atoms with E-state index in [0.29, 0.717) is 17.1 Å². The molecule has 2 aromatic carbocycles. The van der Waals surface area contributed by atoms with Crippen molar-refractivity contribution in [2.24, 2.45) is 17.3 Å². The lowest BCUT2D eigenvalue weighted by Gasteiger charge is -2.21. The SMILES string of the molecule is CC1(C)[C@@H]([C@H](O)C(Br)(Br)Br)[C@H]1C(=O)O[C@H](C#N)c1cccc(Oc2ccccc2)c1. The number of hydrogen-bond acceptors (Lipinski definition) is 5. The molecule has 158 valence electrons. The average Bonchev–Trinajstić information content (AvgIpc) is 3.27. The summed E-state index contributed by atoms with van der Waals surface area (Å²) in [6.45, 7) is 3.78. The van der Waals surface area contributed by atoms with Gasteiger partial charge in [-0.15, -0.1) is 0 Å². The Labute approximate surface area is 200 Å². The van der Waals surface area contributed by atoms with E-state index in [1.807, 2.05) is 50.2 Å². The third-order valence-electron chi connectivity index (χ3n) is 5.33. The van der Waals surface area contributed by atoms with Crippen molar-refractivity contribution in [1.82, 2.24) is 0 Å². The largest absolute Gasteiger partial charge is 0.457 e. The molecule has 0 amide bonds. The van der Waals surface area contributed by atoms with E-state index >= 15 is 0 Å². The summed E-state index contributed by atoms with van der Waals surface area (Å²) in [7, 11) is 0. The molecule has 0 unspecified atom stereocenters. The molecule has 1 saturated carbocycles. The number of aliphatic hydroxyl groups is 1. The van der Waals surface area contributed by atoms with Crippen molar-refractivity contribution < 1.29 is 19.4 Å². The number of ether oxygens (including phenoxy) is 2. The van der Waals surface area contributed by atoms with E-state index in [-0.39, 0.29) is 5.92 Å². The predicted octanol–water partition coefficient (Wildman–Crippen LogP) is 6.06. The molecule has 0 aliphatic heterocycles. The fourth-order valence-electron chi connectivity index (χ4n) is 3.64. The van der Waals surface area contributed by atoms with E-state index < -0.39 is 31.7 Å². The third-order valence-corrected chi connectivity index (χ3v) is 6.74. The van der Waals surface area contributed by atoms with Crippen molar-refractivity contribution in [2.75, 3.05) is 0 Å². The van der Waals surface area contributed by atoms with Crippen LogP contribution in [0.1, 0.15) is 25.5 Å². The average molecular weight is 602 g/mol. The van der Waals surface area contributed by atoms with Gasteiger partial charge in [0.2, 0.25) is 6.10 Å². The molecule has 3 rings (SSSR count). The van der Waals surface area contributed by atoms with Gasteiger partial charge in [-0.05, 0) is 29.7 Å². The van der Waals surface area contributed by atoms with Crippen molar-refractivity contribution in [2.45, 2.75) is 28.2 Å². The summed E-state index contributed by atoms with van der Waals surface area (Å²) >= 11 is 9.94. The number of benzene rings is 2. The summed E-state index contributed by atoms with van der Waals surface area (Å²) in [5, 5.41) is 20.1. The fourth-order valence-corrected chi connectivity index (χ4v) is 4.50. The number of alkyl halides is 3. The first-order chi connectivity index (χ1) is 14.1. The maximum atomic E-state index is 12.8. The van der Waals surface area contributed by atoms with Gasteiger partial charge in [-0.1, -0.05) is 92.0 Å². The smallest absolute Gasteiger partial charge is 0.311 e. The Morgan fingerprint density at radius 3 is 2.37 bits per heavy atom. The van der Waals surface area contributed by atoms with Crippen molar-refractivity contribution in [3.8, 4) is 17.6 Å². The molecule has 8 heteroatoms. The summed E-state index contributed by atoms with van der Waals surface area (Å²) in [6.07, 6.45) is -1.96. The van der Waals surface area contributed by atoms with Crippen LogP contribution in [0.3, 0.4) is 0 Å². The molecule has 1 aliphatic rings. The summed E-state index contributed by atoms with van der Waals surface area (Å²) in [5.41, 5.74) is 0.0562. The van der Waals surface area contributed by atoms with E-state index in [9.17, 15) is 15.2 Å². The standard InChI is InChI=1S/C22H20Br3NO4/c1-21(2)17(19(27)22(23,24)25)18(21)20(28)30-16(12-26)13-7-6-10-15(11-13)29-14-8-4-3-5-9-14/h3-11,16-19,27H,1-2H3/t16-,17-,18+,19+/m1/s1. The number of hydrogen-bond donors (Lipinski definition) is 1. The van der Waals surface area contributed by atoms with E-state index in [0.717, 1.165) is 0 Å². The van der Waals surface area contributed by atoms with E-state index in [1.165, 1.54) is 0 Å². The lowest BCUT2D eigenvalue weighted by molar-refractivity contribution is -0.149. The highest BCUT2D eigenvalue weighted by Gasteiger charge is 2.68. The summed E-state index contributed by atoms with van der Waals surface area (Å²) in [5.74, 6) is -0.173. The van der Waals surface area contributed by atoms with Gasteiger partial charge in [0.25, 0.3) is 0 Å². The lowest BCUT2D eigenvalue weighted by atomic mass is 10.1.